The summed E-state index contributed by atoms with van der Waals surface area (Å²) in [5, 5.41) is -1.08. The minimum atomic E-state index is -0.560. The zero-order valence-electron chi connectivity index (χ0n) is 13.7. The summed E-state index contributed by atoms with van der Waals surface area (Å²) in [6.45, 7) is 0. The van der Waals surface area contributed by atoms with Gasteiger partial charge in [0.15, 0.2) is 23.0 Å². The van der Waals surface area contributed by atoms with Crippen LogP contribution in [0.1, 0.15) is 20.7 Å². The maximum absolute atomic E-state index is 10.9. The first-order valence-corrected chi connectivity index (χ1v) is 9.50. The Morgan fingerprint density at radius 2 is 1.56 bits per heavy atom. The Morgan fingerprint density at radius 1 is 0.926 bits per heavy atom. The Labute approximate surface area is 171 Å². The molecule has 0 spiro atoms. The van der Waals surface area contributed by atoms with Crippen LogP contribution in [0.3, 0.4) is 0 Å². The molecule has 0 aliphatic carbocycles. The molecule has 2 aromatic carbocycles. The SMILES string of the molecule is COc1cc(C(=O)Cl)ccc1OP.O=C(Cl)c1cc(OP)c2c(c1)OPO2. The Balaban J connectivity index is 0.000000194. The largest absolute Gasteiger partial charge is 0.493 e. The molecule has 0 bridgehead atoms. The van der Waals surface area contributed by atoms with Crippen LogP contribution >= 0.6 is 51.2 Å². The summed E-state index contributed by atoms with van der Waals surface area (Å²) < 4.78 is 25.1. The Morgan fingerprint density at radius 3 is 2.11 bits per heavy atom. The summed E-state index contributed by atoms with van der Waals surface area (Å²) >= 11 is 10.6. The molecule has 0 amide bonds. The second-order valence-corrected chi connectivity index (χ2v) is 6.47. The highest BCUT2D eigenvalue weighted by molar-refractivity contribution is 7.27. The number of rotatable bonds is 5. The van der Waals surface area contributed by atoms with Gasteiger partial charge in [0.2, 0.25) is 5.75 Å². The van der Waals surface area contributed by atoms with E-state index in [-0.39, 0.29) is 9.03 Å². The molecule has 2 aromatic rings. The van der Waals surface area contributed by atoms with Crippen molar-refractivity contribution in [1.82, 2.24) is 0 Å². The lowest BCUT2D eigenvalue weighted by atomic mass is 10.2. The van der Waals surface area contributed by atoms with Crippen molar-refractivity contribution in [2.45, 2.75) is 0 Å². The van der Waals surface area contributed by atoms with Crippen LogP contribution in [0.5, 0.6) is 28.7 Å². The normalized spacial score (nSPS) is 12.0. The molecule has 1 aliphatic heterocycles. The maximum atomic E-state index is 10.9. The van der Waals surface area contributed by atoms with Crippen LogP contribution in [0, 0.1) is 0 Å². The molecule has 3 unspecified atom stereocenters. The van der Waals surface area contributed by atoms with E-state index < -0.39 is 10.5 Å². The average molecular weight is 469 g/mol. The summed E-state index contributed by atoms with van der Waals surface area (Å²) in [5.74, 6) is 2.41. The van der Waals surface area contributed by atoms with E-state index in [9.17, 15) is 9.59 Å². The van der Waals surface area contributed by atoms with Crippen LogP contribution in [-0.2, 0) is 0 Å². The quantitative estimate of drug-likeness (QED) is 0.462. The minimum absolute atomic E-state index is 0.108. The number of methoxy groups -OCH3 is 1. The maximum Gasteiger partial charge on any atom is 0.275 e. The van der Waals surface area contributed by atoms with Crippen molar-refractivity contribution < 1.29 is 32.4 Å². The molecule has 0 radical (unpaired) electrons. The molecular formula is C15H13Cl2O7P3. The van der Waals surface area contributed by atoms with Crippen LogP contribution in [0.15, 0.2) is 30.3 Å². The van der Waals surface area contributed by atoms with Gasteiger partial charge in [-0.1, -0.05) is 0 Å². The van der Waals surface area contributed by atoms with Gasteiger partial charge in [0.1, 0.15) is 0 Å². The van der Waals surface area contributed by atoms with Gasteiger partial charge in [-0.25, -0.2) is 0 Å². The smallest absolute Gasteiger partial charge is 0.275 e. The molecule has 3 rings (SSSR count). The summed E-state index contributed by atoms with van der Waals surface area (Å²) in [5.41, 5.74) is 0.697. The van der Waals surface area contributed by atoms with Gasteiger partial charge in [-0.2, -0.15) is 0 Å². The van der Waals surface area contributed by atoms with Gasteiger partial charge in [-0.05, 0) is 53.5 Å². The van der Waals surface area contributed by atoms with Gasteiger partial charge in [0.25, 0.3) is 19.5 Å². The van der Waals surface area contributed by atoms with Crippen molar-refractivity contribution in [2.75, 3.05) is 7.11 Å². The molecular weight excluding hydrogens is 456 g/mol. The molecule has 3 atom stereocenters. The molecule has 1 aliphatic rings. The molecule has 144 valence electrons. The lowest BCUT2D eigenvalue weighted by Gasteiger charge is -2.06. The number of carbonyl (C=O) groups is 2. The van der Waals surface area contributed by atoms with E-state index in [0.717, 1.165) is 0 Å². The van der Waals surface area contributed by atoms with Crippen LogP contribution in [0.25, 0.3) is 0 Å². The number of benzene rings is 2. The van der Waals surface area contributed by atoms with Crippen LogP contribution in [0.2, 0.25) is 0 Å². The zero-order chi connectivity index (χ0) is 20.0. The number of halogens is 2. The Kier molecular flexibility index (Phi) is 8.34. The summed E-state index contributed by atoms with van der Waals surface area (Å²) in [7, 11) is 5.56. The second kappa shape index (κ2) is 10.3. The predicted molar refractivity (Wildman–Crippen MR) is 110 cm³/mol. The van der Waals surface area contributed by atoms with Crippen LogP contribution < -0.4 is 22.8 Å². The third-order valence-corrected chi connectivity index (χ3v) is 4.72. The fourth-order valence-corrected chi connectivity index (χ4v) is 3.11. The average Bonchev–Trinajstić information content (AvgIpc) is 3.15. The highest BCUT2D eigenvalue weighted by Gasteiger charge is 2.22. The van der Waals surface area contributed by atoms with E-state index in [1.807, 2.05) is 0 Å². The number of hydrogen-bond donors (Lipinski definition) is 0. The van der Waals surface area contributed by atoms with E-state index >= 15 is 0 Å². The molecule has 27 heavy (non-hydrogen) atoms. The molecule has 0 N–H and O–H groups in total. The molecule has 1 heterocycles. The summed E-state index contributed by atoms with van der Waals surface area (Å²) in [4.78, 5) is 21.7. The summed E-state index contributed by atoms with van der Waals surface area (Å²) in [6.07, 6.45) is 0. The third kappa shape index (κ3) is 5.57. The zero-order valence-corrected chi connectivity index (χ0v) is 18.5. The van der Waals surface area contributed by atoms with E-state index in [0.29, 0.717) is 39.9 Å². The van der Waals surface area contributed by atoms with Crippen LogP contribution in [-0.4, -0.2) is 17.6 Å². The molecule has 7 nitrogen and oxygen atoms in total. The fourth-order valence-electron chi connectivity index (χ4n) is 1.95. The number of ether oxygens (including phenoxy) is 1. The Hall–Kier alpha value is -1.35. The van der Waals surface area contributed by atoms with Crippen LogP contribution in [0.4, 0.5) is 0 Å². The topological polar surface area (TPSA) is 80.3 Å². The van der Waals surface area contributed by atoms with Crippen molar-refractivity contribution in [3.63, 3.8) is 0 Å². The lowest BCUT2D eigenvalue weighted by Crippen LogP contribution is -1.92. The first-order chi connectivity index (χ1) is 12.9. The summed E-state index contributed by atoms with van der Waals surface area (Å²) in [6, 6.07) is 7.73. The predicted octanol–water partition coefficient (Wildman–Crippen LogP) is 4.76. The molecule has 0 saturated carbocycles. The number of carbonyl (C=O) groups excluding carboxylic acids is 2. The molecule has 0 saturated heterocycles. The highest BCUT2D eigenvalue weighted by Crippen LogP contribution is 2.49. The molecule has 12 heteroatoms. The third-order valence-electron chi connectivity index (χ3n) is 3.19. The first-order valence-electron chi connectivity index (χ1n) is 6.99. The number of hydrogen-bond acceptors (Lipinski definition) is 7. The minimum Gasteiger partial charge on any atom is -0.493 e. The number of fused-ring (bicyclic) bond motifs is 1. The van der Waals surface area contributed by atoms with Crippen molar-refractivity contribution in [2.24, 2.45) is 0 Å². The standard InChI is InChI=1S/C8H8ClO3P.C7H5ClO4P2/c1-11-7-4-5(8(9)10)2-3-6(7)12-13;8-7(9)3-1-4(10-13)6-5(2-3)11-14-12-6/h2-4H,13H2,1H3;1-2,14H,13H2. The van der Waals surface area contributed by atoms with E-state index in [2.05, 4.69) is 18.9 Å². The Bertz CT molecular complexity index is 864. The van der Waals surface area contributed by atoms with Gasteiger partial charge in [0, 0.05) is 11.1 Å². The van der Waals surface area contributed by atoms with Gasteiger partial charge < -0.3 is 22.8 Å². The lowest BCUT2D eigenvalue weighted by molar-refractivity contribution is 0.107. The van der Waals surface area contributed by atoms with Gasteiger partial charge in [0.05, 0.1) is 26.0 Å². The van der Waals surface area contributed by atoms with Crippen molar-refractivity contribution in [3.8, 4) is 28.7 Å². The van der Waals surface area contributed by atoms with E-state index in [1.54, 1.807) is 12.1 Å². The highest BCUT2D eigenvalue weighted by atomic mass is 35.5. The molecule has 0 aromatic heterocycles. The fraction of sp³-hybridized carbons (Fsp3) is 0.0667. The van der Waals surface area contributed by atoms with E-state index in [1.165, 1.54) is 25.3 Å². The first kappa shape index (κ1) is 21.9. The van der Waals surface area contributed by atoms with E-state index in [4.69, 9.17) is 46.0 Å². The second-order valence-electron chi connectivity index (χ2n) is 4.74. The van der Waals surface area contributed by atoms with Crippen molar-refractivity contribution in [1.29, 1.82) is 0 Å². The molecule has 0 fully saturated rings. The van der Waals surface area contributed by atoms with Gasteiger partial charge in [-0.3, -0.25) is 9.59 Å². The monoisotopic (exact) mass is 468 g/mol. The van der Waals surface area contributed by atoms with Gasteiger partial charge in [-0.15, -0.1) is 0 Å². The van der Waals surface area contributed by atoms with Crippen molar-refractivity contribution >= 4 is 61.7 Å². The van der Waals surface area contributed by atoms with Gasteiger partial charge >= 0.3 is 0 Å². The van der Waals surface area contributed by atoms with Crippen molar-refractivity contribution in [3.05, 3.63) is 41.5 Å².